The van der Waals surface area contributed by atoms with E-state index in [1.807, 2.05) is 12.1 Å². The lowest BCUT2D eigenvalue weighted by atomic mass is 10.1. The summed E-state index contributed by atoms with van der Waals surface area (Å²) in [6.07, 6.45) is 1.20. The lowest BCUT2D eigenvalue weighted by Gasteiger charge is -2.19. The Morgan fingerprint density at radius 3 is 2.45 bits per heavy atom. The number of esters is 1. The molecule has 0 unspecified atom stereocenters. The van der Waals surface area contributed by atoms with E-state index in [4.69, 9.17) is 0 Å². The third-order valence-electron chi connectivity index (χ3n) is 3.30. The average molecular weight is 278 g/mol. The first-order valence-corrected chi connectivity index (χ1v) is 7.31. The number of carbonyl (C=O) groups excluding carboxylic acids is 1. The maximum absolute atomic E-state index is 11.3. The van der Waals surface area contributed by atoms with Crippen LogP contribution in [0.3, 0.4) is 0 Å². The molecule has 4 heteroatoms. The van der Waals surface area contributed by atoms with Gasteiger partial charge in [0.15, 0.2) is 0 Å². The molecule has 0 amide bonds. The van der Waals surface area contributed by atoms with Crippen LogP contribution < -0.4 is 5.32 Å². The van der Waals surface area contributed by atoms with Gasteiger partial charge < -0.3 is 15.0 Å². The predicted molar refractivity (Wildman–Crippen MR) is 81.9 cm³/mol. The first kappa shape index (κ1) is 16.7. The topological polar surface area (TPSA) is 41.6 Å². The number of nitrogens with one attached hydrogen (secondary N) is 1. The standard InChI is InChI=1S/C16H26N2O2/c1-4-11-18(5-2)12-10-17-13-14-6-8-15(9-7-14)16(19)20-3/h6-9,17H,4-5,10-13H2,1-3H3. The Kier molecular flexibility index (Phi) is 7.92. The van der Waals surface area contributed by atoms with Crippen molar-refractivity contribution in [3.05, 3.63) is 35.4 Å². The lowest BCUT2D eigenvalue weighted by molar-refractivity contribution is 0.0600. The van der Waals surface area contributed by atoms with Crippen LogP contribution in [-0.2, 0) is 11.3 Å². The molecule has 1 rings (SSSR count). The van der Waals surface area contributed by atoms with Gasteiger partial charge in [0, 0.05) is 19.6 Å². The fraction of sp³-hybridized carbons (Fsp3) is 0.562. The summed E-state index contributed by atoms with van der Waals surface area (Å²) in [6, 6.07) is 7.53. The van der Waals surface area contributed by atoms with Crippen molar-refractivity contribution in [1.82, 2.24) is 10.2 Å². The molecule has 1 N–H and O–H groups in total. The molecule has 20 heavy (non-hydrogen) atoms. The Balaban J connectivity index is 2.30. The Labute approximate surface area is 122 Å². The minimum atomic E-state index is -0.289. The number of methoxy groups -OCH3 is 1. The second-order valence-electron chi connectivity index (χ2n) is 4.80. The van der Waals surface area contributed by atoms with E-state index in [1.54, 1.807) is 12.1 Å². The fourth-order valence-corrected chi connectivity index (χ4v) is 2.09. The molecule has 0 saturated carbocycles. The van der Waals surface area contributed by atoms with Gasteiger partial charge in [0.1, 0.15) is 0 Å². The van der Waals surface area contributed by atoms with Crippen LogP contribution in [0.4, 0.5) is 0 Å². The normalized spacial score (nSPS) is 10.8. The summed E-state index contributed by atoms with van der Waals surface area (Å²) in [4.78, 5) is 13.7. The molecule has 0 bridgehead atoms. The summed E-state index contributed by atoms with van der Waals surface area (Å²) in [5.74, 6) is -0.289. The summed E-state index contributed by atoms with van der Waals surface area (Å²) in [5, 5.41) is 3.43. The third kappa shape index (κ3) is 5.72. The number of carbonyl (C=O) groups is 1. The number of likely N-dealkylation sites (N-methyl/N-ethyl adjacent to an activating group) is 1. The Bertz CT molecular complexity index is 390. The van der Waals surface area contributed by atoms with Gasteiger partial charge in [-0.15, -0.1) is 0 Å². The van der Waals surface area contributed by atoms with Crippen molar-refractivity contribution in [3.8, 4) is 0 Å². The number of ether oxygens (including phenoxy) is 1. The zero-order valence-corrected chi connectivity index (χ0v) is 12.8. The van der Waals surface area contributed by atoms with Gasteiger partial charge in [-0.1, -0.05) is 26.0 Å². The number of hydrogen-bond donors (Lipinski definition) is 1. The minimum absolute atomic E-state index is 0.289. The molecule has 0 aliphatic carbocycles. The number of rotatable bonds is 9. The zero-order chi connectivity index (χ0) is 14.8. The summed E-state index contributed by atoms with van der Waals surface area (Å²) in [5.41, 5.74) is 1.77. The summed E-state index contributed by atoms with van der Waals surface area (Å²) in [7, 11) is 1.40. The van der Waals surface area contributed by atoms with Gasteiger partial charge in [0.2, 0.25) is 0 Å². The first-order chi connectivity index (χ1) is 9.71. The van der Waals surface area contributed by atoms with Gasteiger partial charge >= 0.3 is 5.97 Å². The molecule has 0 aromatic heterocycles. The minimum Gasteiger partial charge on any atom is -0.465 e. The quantitative estimate of drug-likeness (QED) is 0.556. The molecule has 0 fully saturated rings. The van der Waals surface area contributed by atoms with Crippen LogP contribution in [0.1, 0.15) is 36.2 Å². The van der Waals surface area contributed by atoms with Gasteiger partial charge in [-0.3, -0.25) is 0 Å². The molecule has 1 aromatic rings. The highest BCUT2D eigenvalue weighted by atomic mass is 16.5. The molecule has 0 aliphatic rings. The molecule has 112 valence electrons. The van der Waals surface area contributed by atoms with E-state index in [9.17, 15) is 4.79 Å². The van der Waals surface area contributed by atoms with Crippen LogP contribution in [0, 0.1) is 0 Å². The number of benzene rings is 1. The highest BCUT2D eigenvalue weighted by Crippen LogP contribution is 2.05. The first-order valence-electron chi connectivity index (χ1n) is 7.31. The van der Waals surface area contributed by atoms with Crippen molar-refractivity contribution in [2.24, 2.45) is 0 Å². The van der Waals surface area contributed by atoms with E-state index >= 15 is 0 Å². The molecular weight excluding hydrogens is 252 g/mol. The molecule has 0 saturated heterocycles. The molecule has 0 radical (unpaired) electrons. The van der Waals surface area contributed by atoms with Crippen LogP contribution in [0.25, 0.3) is 0 Å². The predicted octanol–water partition coefficient (Wildman–Crippen LogP) is 2.29. The molecule has 0 atom stereocenters. The molecule has 0 aliphatic heterocycles. The SMILES string of the molecule is CCCN(CC)CCNCc1ccc(C(=O)OC)cc1. The highest BCUT2D eigenvalue weighted by molar-refractivity contribution is 5.89. The van der Waals surface area contributed by atoms with Crippen LogP contribution in [0.2, 0.25) is 0 Å². The van der Waals surface area contributed by atoms with Crippen molar-refractivity contribution >= 4 is 5.97 Å². The van der Waals surface area contributed by atoms with E-state index < -0.39 is 0 Å². The Morgan fingerprint density at radius 1 is 1.20 bits per heavy atom. The van der Waals surface area contributed by atoms with E-state index in [1.165, 1.54) is 19.1 Å². The molecular formula is C16H26N2O2. The van der Waals surface area contributed by atoms with Crippen LogP contribution in [0.5, 0.6) is 0 Å². The van der Waals surface area contributed by atoms with Crippen molar-refractivity contribution in [3.63, 3.8) is 0 Å². The van der Waals surface area contributed by atoms with Crippen molar-refractivity contribution < 1.29 is 9.53 Å². The molecule has 0 heterocycles. The van der Waals surface area contributed by atoms with Gasteiger partial charge in [-0.05, 0) is 37.2 Å². The summed E-state index contributed by atoms with van der Waals surface area (Å²) < 4.78 is 4.68. The maximum Gasteiger partial charge on any atom is 0.337 e. The molecule has 0 spiro atoms. The van der Waals surface area contributed by atoms with Gasteiger partial charge in [-0.25, -0.2) is 4.79 Å². The van der Waals surface area contributed by atoms with Crippen LogP contribution in [0.15, 0.2) is 24.3 Å². The summed E-state index contributed by atoms with van der Waals surface area (Å²) >= 11 is 0. The third-order valence-corrected chi connectivity index (χ3v) is 3.30. The summed E-state index contributed by atoms with van der Waals surface area (Å²) in [6.45, 7) is 9.54. The molecule has 4 nitrogen and oxygen atoms in total. The monoisotopic (exact) mass is 278 g/mol. The van der Waals surface area contributed by atoms with E-state index in [0.29, 0.717) is 5.56 Å². The van der Waals surface area contributed by atoms with E-state index in [2.05, 4.69) is 28.8 Å². The van der Waals surface area contributed by atoms with Crippen LogP contribution in [-0.4, -0.2) is 44.2 Å². The zero-order valence-electron chi connectivity index (χ0n) is 12.8. The van der Waals surface area contributed by atoms with Gasteiger partial charge in [-0.2, -0.15) is 0 Å². The Morgan fingerprint density at radius 2 is 1.90 bits per heavy atom. The lowest BCUT2D eigenvalue weighted by Crippen LogP contribution is -2.32. The second kappa shape index (κ2) is 9.50. The van der Waals surface area contributed by atoms with Gasteiger partial charge in [0.25, 0.3) is 0 Å². The second-order valence-corrected chi connectivity index (χ2v) is 4.80. The largest absolute Gasteiger partial charge is 0.465 e. The smallest absolute Gasteiger partial charge is 0.337 e. The molecule has 1 aromatic carbocycles. The maximum atomic E-state index is 11.3. The van der Waals surface area contributed by atoms with Crippen LogP contribution >= 0.6 is 0 Å². The fourth-order valence-electron chi connectivity index (χ4n) is 2.09. The van der Waals surface area contributed by atoms with Gasteiger partial charge in [0.05, 0.1) is 12.7 Å². The Hall–Kier alpha value is -1.39. The average Bonchev–Trinajstić information content (AvgIpc) is 2.50. The van der Waals surface area contributed by atoms with E-state index in [0.717, 1.165) is 32.7 Å². The number of nitrogens with zero attached hydrogens (tertiary/aromatic N) is 1. The van der Waals surface area contributed by atoms with Crippen molar-refractivity contribution in [2.75, 3.05) is 33.3 Å². The van der Waals surface area contributed by atoms with Crippen molar-refractivity contribution in [1.29, 1.82) is 0 Å². The highest BCUT2D eigenvalue weighted by Gasteiger charge is 2.04. The number of hydrogen-bond acceptors (Lipinski definition) is 4. The van der Waals surface area contributed by atoms with Crippen molar-refractivity contribution in [2.45, 2.75) is 26.8 Å². The van der Waals surface area contributed by atoms with E-state index in [-0.39, 0.29) is 5.97 Å².